The van der Waals surface area contributed by atoms with Crippen molar-refractivity contribution < 1.29 is 42.9 Å². The van der Waals surface area contributed by atoms with Gasteiger partial charge in [-0.3, -0.25) is 10.1 Å². The average molecular weight is 628 g/mol. The molecule has 0 saturated carbocycles. The lowest BCUT2D eigenvalue weighted by atomic mass is 9.92. The van der Waals surface area contributed by atoms with Crippen LogP contribution in [0, 0.1) is 16.0 Å². The molecule has 41 heavy (non-hydrogen) atoms. The van der Waals surface area contributed by atoms with Crippen LogP contribution in [0.4, 0.5) is 5.69 Å². The molecule has 3 aromatic rings. The molecule has 12 heteroatoms. The van der Waals surface area contributed by atoms with E-state index in [1.54, 1.807) is 31.4 Å². The monoisotopic (exact) mass is 627 g/mol. The number of hydrogen-bond donors (Lipinski definition) is 0. The number of rotatable bonds is 10. The lowest BCUT2D eigenvalue weighted by Crippen LogP contribution is -2.08. The summed E-state index contributed by atoms with van der Waals surface area (Å²) in [5.41, 5.74) is 2.70. The van der Waals surface area contributed by atoms with E-state index in [1.165, 1.54) is 26.4 Å². The van der Waals surface area contributed by atoms with Crippen LogP contribution in [0.3, 0.4) is 0 Å². The van der Waals surface area contributed by atoms with Gasteiger partial charge in [0, 0.05) is 23.6 Å². The number of cyclic esters (lactones) is 1. The number of hydrogen-bond acceptors (Lipinski definition) is 10. The van der Waals surface area contributed by atoms with E-state index in [0.717, 1.165) is 5.56 Å². The zero-order chi connectivity index (χ0) is 29.1. The number of nitro benzene ring substituents is 1. The lowest BCUT2D eigenvalue weighted by molar-refractivity contribution is -0.384. The number of benzene rings is 3. The van der Waals surface area contributed by atoms with Crippen molar-refractivity contribution in [2.24, 2.45) is 5.92 Å². The van der Waals surface area contributed by atoms with Crippen LogP contribution >= 0.6 is 15.9 Å². The predicted molar refractivity (Wildman–Crippen MR) is 150 cm³/mol. The Morgan fingerprint density at radius 3 is 2.41 bits per heavy atom. The smallest absolute Gasteiger partial charge is 0.334 e. The quantitative estimate of drug-likeness (QED) is 0.123. The Morgan fingerprint density at radius 1 is 0.976 bits per heavy atom. The first-order chi connectivity index (χ1) is 19.8. The second kappa shape index (κ2) is 12.0. The number of carbonyl (C=O) groups is 1. The van der Waals surface area contributed by atoms with Crippen LogP contribution in [0.1, 0.15) is 16.7 Å². The van der Waals surface area contributed by atoms with Crippen molar-refractivity contribution in [3.63, 3.8) is 0 Å². The number of non-ortho nitro benzene ring substituents is 1. The summed E-state index contributed by atoms with van der Waals surface area (Å²) in [6, 6.07) is 11.5. The molecule has 5 rings (SSSR count). The van der Waals surface area contributed by atoms with Gasteiger partial charge in [-0.25, -0.2) is 4.79 Å². The molecule has 0 aliphatic carbocycles. The number of fused-ring (bicyclic) bond motifs is 1. The summed E-state index contributed by atoms with van der Waals surface area (Å²) in [7, 11) is 4.55. The number of halogens is 1. The molecule has 3 aromatic carbocycles. The van der Waals surface area contributed by atoms with Gasteiger partial charge in [0.15, 0.2) is 23.0 Å². The highest BCUT2D eigenvalue weighted by molar-refractivity contribution is 9.10. The van der Waals surface area contributed by atoms with E-state index in [1.807, 2.05) is 12.1 Å². The summed E-state index contributed by atoms with van der Waals surface area (Å²) in [6.07, 6.45) is 2.24. The second-order valence-corrected chi connectivity index (χ2v) is 9.98. The van der Waals surface area contributed by atoms with Crippen LogP contribution in [0.2, 0.25) is 0 Å². The third-order valence-corrected chi connectivity index (χ3v) is 7.54. The number of esters is 1. The van der Waals surface area contributed by atoms with Crippen molar-refractivity contribution in [1.82, 2.24) is 0 Å². The van der Waals surface area contributed by atoms with Crippen molar-refractivity contribution in [3.05, 3.63) is 79.3 Å². The highest BCUT2D eigenvalue weighted by Gasteiger charge is 2.32. The molecular weight excluding hydrogens is 602 g/mol. The SMILES string of the molecule is COc1cc(C[C@H]2COC(=O)/C2=C\c2cc(OC)c(OC)c(OCc3ccc([N+](=O)[O-])cc3)c2Br)cc2c1OCO2. The van der Waals surface area contributed by atoms with E-state index in [0.29, 0.717) is 62.1 Å². The molecule has 2 heterocycles. The topological polar surface area (TPSA) is 125 Å². The Bertz CT molecular complexity index is 1520. The van der Waals surface area contributed by atoms with Crippen LogP contribution in [-0.4, -0.2) is 45.6 Å². The van der Waals surface area contributed by atoms with Crippen LogP contribution in [0.5, 0.6) is 34.5 Å². The van der Waals surface area contributed by atoms with Gasteiger partial charge in [-0.15, -0.1) is 0 Å². The fourth-order valence-electron chi connectivity index (χ4n) is 4.68. The maximum atomic E-state index is 12.8. The standard InChI is InChI=1S/C29H26BrNO10/c1-35-22-9-17(10-24-26(22)41-15-40-24)8-19-14-39-29(32)21(19)11-18-12-23(36-2)27(37-3)28(25(18)30)38-13-16-4-6-20(7-5-16)31(33)34/h4-7,9-12,19H,8,13-15H2,1-3H3/b21-11-/t19-/m0/s1. The fourth-order valence-corrected chi connectivity index (χ4v) is 5.20. The van der Waals surface area contributed by atoms with E-state index in [-0.39, 0.29) is 31.6 Å². The maximum absolute atomic E-state index is 12.8. The summed E-state index contributed by atoms with van der Waals surface area (Å²) in [5, 5.41) is 11.0. The fraction of sp³-hybridized carbons (Fsp3) is 0.276. The van der Waals surface area contributed by atoms with Gasteiger partial charge in [-0.1, -0.05) is 0 Å². The lowest BCUT2D eigenvalue weighted by Gasteiger charge is -2.18. The van der Waals surface area contributed by atoms with Crippen molar-refractivity contribution in [1.29, 1.82) is 0 Å². The van der Waals surface area contributed by atoms with Gasteiger partial charge in [-0.2, -0.15) is 0 Å². The Labute approximate surface area is 243 Å². The summed E-state index contributed by atoms with van der Waals surface area (Å²) < 4.78 is 39.7. The third kappa shape index (κ3) is 5.73. The van der Waals surface area contributed by atoms with Crippen molar-refractivity contribution in [3.8, 4) is 34.5 Å². The molecule has 11 nitrogen and oxygen atoms in total. The molecule has 2 aliphatic heterocycles. The number of carbonyl (C=O) groups excluding carboxylic acids is 1. The Hall–Kier alpha value is -4.45. The Morgan fingerprint density at radius 2 is 1.73 bits per heavy atom. The molecule has 0 unspecified atom stereocenters. The minimum atomic E-state index is -0.462. The number of ether oxygens (including phenoxy) is 7. The van der Waals surface area contributed by atoms with E-state index < -0.39 is 10.9 Å². The van der Waals surface area contributed by atoms with Crippen molar-refractivity contribution in [2.45, 2.75) is 13.0 Å². The molecule has 214 valence electrons. The van der Waals surface area contributed by atoms with Gasteiger partial charge < -0.3 is 33.2 Å². The van der Waals surface area contributed by atoms with E-state index in [2.05, 4.69) is 15.9 Å². The molecule has 0 amide bonds. The van der Waals surface area contributed by atoms with Gasteiger partial charge >= 0.3 is 5.97 Å². The number of nitro groups is 1. The zero-order valence-electron chi connectivity index (χ0n) is 22.4. The van der Waals surface area contributed by atoms with Gasteiger partial charge in [-0.05, 0) is 75.4 Å². The molecule has 0 aromatic heterocycles. The van der Waals surface area contributed by atoms with E-state index in [9.17, 15) is 14.9 Å². The number of nitrogens with zero attached hydrogens (tertiary/aromatic N) is 1. The van der Waals surface area contributed by atoms with Crippen LogP contribution in [0.25, 0.3) is 6.08 Å². The molecule has 0 radical (unpaired) electrons. The first-order valence-electron chi connectivity index (χ1n) is 12.5. The first-order valence-corrected chi connectivity index (χ1v) is 13.3. The normalized spacial score (nSPS) is 16.4. The second-order valence-electron chi connectivity index (χ2n) is 9.19. The zero-order valence-corrected chi connectivity index (χ0v) is 24.0. The number of methoxy groups -OCH3 is 3. The largest absolute Gasteiger partial charge is 0.493 e. The Balaban J connectivity index is 1.45. The molecule has 0 spiro atoms. The third-order valence-electron chi connectivity index (χ3n) is 6.73. The molecule has 0 N–H and O–H groups in total. The molecule has 1 fully saturated rings. The van der Waals surface area contributed by atoms with Crippen molar-refractivity contribution in [2.75, 3.05) is 34.7 Å². The van der Waals surface area contributed by atoms with Gasteiger partial charge in [0.25, 0.3) is 5.69 Å². The summed E-state index contributed by atoms with van der Waals surface area (Å²) in [4.78, 5) is 23.4. The minimum Gasteiger partial charge on any atom is -0.493 e. The van der Waals surface area contributed by atoms with Crippen molar-refractivity contribution >= 4 is 33.7 Å². The first kappa shape index (κ1) is 28.1. The molecule has 1 saturated heterocycles. The molecule has 0 bridgehead atoms. The Kier molecular flexibility index (Phi) is 8.20. The molecular formula is C29H26BrNO10. The minimum absolute atomic E-state index is 0.0139. The maximum Gasteiger partial charge on any atom is 0.334 e. The van der Waals surface area contributed by atoms with E-state index in [4.69, 9.17) is 33.2 Å². The summed E-state index contributed by atoms with van der Waals surface area (Å²) in [5.74, 6) is 2.14. The van der Waals surface area contributed by atoms with Crippen LogP contribution in [0.15, 0.2) is 52.5 Å². The van der Waals surface area contributed by atoms with Crippen LogP contribution in [-0.2, 0) is 22.6 Å². The van der Waals surface area contributed by atoms with Gasteiger partial charge in [0.2, 0.25) is 18.3 Å². The molecule has 2 aliphatic rings. The average Bonchev–Trinajstić information content (AvgIpc) is 3.59. The van der Waals surface area contributed by atoms with Gasteiger partial charge in [0.1, 0.15) is 6.61 Å². The van der Waals surface area contributed by atoms with Gasteiger partial charge in [0.05, 0.1) is 37.3 Å². The molecule has 1 atom stereocenters. The summed E-state index contributed by atoms with van der Waals surface area (Å²) in [6.45, 7) is 0.440. The highest BCUT2D eigenvalue weighted by Crippen LogP contribution is 2.47. The van der Waals surface area contributed by atoms with E-state index >= 15 is 0 Å². The summed E-state index contributed by atoms with van der Waals surface area (Å²) >= 11 is 3.61. The predicted octanol–water partition coefficient (Wildman–Crippen LogP) is 5.49. The van der Waals surface area contributed by atoms with Crippen LogP contribution < -0.4 is 28.4 Å². The highest BCUT2D eigenvalue weighted by atomic mass is 79.9.